The molecule has 0 aromatic carbocycles. The van der Waals surface area contributed by atoms with Gasteiger partial charge in [0.15, 0.2) is 5.82 Å². The Balaban J connectivity index is 1.63. The molecule has 1 atom stereocenters. The van der Waals surface area contributed by atoms with Crippen LogP contribution in [0.4, 0.5) is 0 Å². The minimum absolute atomic E-state index is 0.00477. The Morgan fingerprint density at radius 2 is 2.11 bits per heavy atom. The lowest BCUT2D eigenvalue weighted by atomic mass is 9.74. The second-order valence-electron chi connectivity index (χ2n) is 7.94. The highest BCUT2D eigenvalue weighted by Crippen LogP contribution is 2.40. The fourth-order valence-corrected chi connectivity index (χ4v) is 3.63. The third-order valence-corrected chi connectivity index (χ3v) is 5.07. The van der Waals surface area contributed by atoms with Gasteiger partial charge >= 0.3 is 0 Å². The number of fused-ring (bicyclic) bond motifs is 1. The molecule has 4 rings (SSSR count). The van der Waals surface area contributed by atoms with Gasteiger partial charge in [0.25, 0.3) is 5.91 Å². The van der Waals surface area contributed by atoms with Crippen molar-refractivity contribution in [3.63, 3.8) is 0 Å². The maximum absolute atomic E-state index is 12.7. The minimum Gasteiger partial charge on any atom is -0.351 e. The zero-order chi connectivity index (χ0) is 19.7. The fraction of sp³-hybridized carbons (Fsp3) is 0.381. The summed E-state index contributed by atoms with van der Waals surface area (Å²) in [4.78, 5) is 26.0. The molecular weight excluding hydrogens is 354 g/mol. The number of amides is 1. The fourth-order valence-electron chi connectivity index (χ4n) is 3.63. The van der Waals surface area contributed by atoms with Crippen LogP contribution in [-0.4, -0.2) is 26.0 Å². The van der Waals surface area contributed by atoms with Crippen molar-refractivity contribution in [3.05, 3.63) is 59.5 Å². The summed E-state index contributed by atoms with van der Waals surface area (Å²) in [6.45, 7) is 6.34. The molecule has 1 amide bonds. The van der Waals surface area contributed by atoms with Crippen molar-refractivity contribution in [1.82, 2.24) is 25.4 Å². The molecule has 0 fully saturated rings. The molecule has 0 bridgehead atoms. The van der Waals surface area contributed by atoms with Crippen LogP contribution >= 0.6 is 0 Å². The summed E-state index contributed by atoms with van der Waals surface area (Å²) in [6, 6.07) is 5.30. The zero-order valence-electron chi connectivity index (χ0n) is 16.3. The van der Waals surface area contributed by atoms with E-state index in [0.29, 0.717) is 5.82 Å². The Morgan fingerprint density at radius 1 is 1.32 bits per heavy atom. The number of aromatic nitrogens is 4. The molecule has 0 saturated heterocycles. The van der Waals surface area contributed by atoms with Gasteiger partial charge in [0.1, 0.15) is 0 Å². The van der Waals surface area contributed by atoms with Crippen molar-refractivity contribution >= 4 is 5.91 Å². The molecule has 3 aromatic rings. The van der Waals surface area contributed by atoms with E-state index >= 15 is 0 Å². The third kappa shape index (κ3) is 3.65. The standard InChI is InChI=1S/C21H23N5O2/c1-4-14-9-18(28-26-14)20(27)25-17-11-21(2,3)10-16-15(17)12-23-19(24-16)13-5-7-22-8-6-13/h5-9,12,17H,4,10-11H2,1-3H3,(H,25,27)/t17-/m1/s1. The summed E-state index contributed by atoms with van der Waals surface area (Å²) in [5.74, 6) is 0.641. The molecule has 7 heteroatoms. The quantitative estimate of drug-likeness (QED) is 0.747. The van der Waals surface area contributed by atoms with Crippen LogP contribution in [0.3, 0.4) is 0 Å². The van der Waals surface area contributed by atoms with E-state index in [4.69, 9.17) is 9.51 Å². The van der Waals surface area contributed by atoms with Crippen molar-refractivity contribution < 1.29 is 9.32 Å². The molecule has 7 nitrogen and oxygen atoms in total. The second kappa shape index (κ2) is 7.14. The van der Waals surface area contributed by atoms with Gasteiger partial charge in [-0.2, -0.15) is 0 Å². The Bertz CT molecular complexity index is 997. The maximum atomic E-state index is 12.7. The van der Waals surface area contributed by atoms with Crippen molar-refractivity contribution in [2.45, 2.75) is 46.1 Å². The van der Waals surface area contributed by atoms with Gasteiger partial charge in [-0.3, -0.25) is 9.78 Å². The van der Waals surface area contributed by atoms with E-state index in [1.165, 1.54) is 0 Å². The van der Waals surface area contributed by atoms with Gasteiger partial charge in [0.05, 0.1) is 17.4 Å². The molecule has 1 aliphatic carbocycles. The van der Waals surface area contributed by atoms with Gasteiger partial charge in [-0.25, -0.2) is 9.97 Å². The summed E-state index contributed by atoms with van der Waals surface area (Å²) in [7, 11) is 0. The predicted molar refractivity (Wildman–Crippen MR) is 103 cm³/mol. The van der Waals surface area contributed by atoms with Crippen LogP contribution in [0.5, 0.6) is 0 Å². The number of nitrogens with one attached hydrogen (secondary N) is 1. The molecular formula is C21H23N5O2. The van der Waals surface area contributed by atoms with Crippen LogP contribution in [0.25, 0.3) is 11.4 Å². The van der Waals surface area contributed by atoms with Crippen LogP contribution in [-0.2, 0) is 12.8 Å². The highest BCUT2D eigenvalue weighted by atomic mass is 16.5. The Morgan fingerprint density at radius 3 is 2.82 bits per heavy atom. The summed E-state index contributed by atoms with van der Waals surface area (Å²) in [5.41, 5.74) is 3.62. The molecule has 1 N–H and O–H groups in total. The van der Waals surface area contributed by atoms with E-state index < -0.39 is 0 Å². The van der Waals surface area contributed by atoms with E-state index in [9.17, 15) is 4.79 Å². The van der Waals surface area contributed by atoms with Crippen LogP contribution in [0.15, 0.2) is 41.3 Å². The van der Waals surface area contributed by atoms with Crippen molar-refractivity contribution in [1.29, 1.82) is 0 Å². The van der Waals surface area contributed by atoms with Crippen LogP contribution in [0.2, 0.25) is 0 Å². The van der Waals surface area contributed by atoms with Gasteiger partial charge in [-0.1, -0.05) is 25.9 Å². The summed E-state index contributed by atoms with van der Waals surface area (Å²) < 4.78 is 5.18. The topological polar surface area (TPSA) is 93.8 Å². The highest BCUT2D eigenvalue weighted by Gasteiger charge is 2.35. The smallest absolute Gasteiger partial charge is 0.290 e. The molecule has 3 heterocycles. The predicted octanol–water partition coefficient (Wildman–Crippen LogP) is 3.53. The van der Waals surface area contributed by atoms with E-state index in [1.54, 1.807) is 18.5 Å². The lowest BCUT2D eigenvalue weighted by Crippen LogP contribution is -2.37. The molecule has 144 valence electrons. The van der Waals surface area contributed by atoms with E-state index in [2.05, 4.69) is 34.3 Å². The number of carbonyl (C=O) groups is 1. The number of hydrogen-bond donors (Lipinski definition) is 1. The Kier molecular flexibility index (Phi) is 4.66. The van der Waals surface area contributed by atoms with Crippen molar-refractivity contribution in [2.24, 2.45) is 5.41 Å². The number of nitrogens with zero attached hydrogens (tertiary/aromatic N) is 4. The number of pyridine rings is 1. The van der Waals surface area contributed by atoms with Gasteiger partial charge in [-0.15, -0.1) is 0 Å². The first-order valence-corrected chi connectivity index (χ1v) is 9.48. The maximum Gasteiger partial charge on any atom is 0.290 e. The van der Waals surface area contributed by atoms with E-state index in [0.717, 1.165) is 41.8 Å². The third-order valence-electron chi connectivity index (χ3n) is 5.07. The van der Waals surface area contributed by atoms with Crippen LogP contribution in [0.1, 0.15) is 60.7 Å². The molecule has 0 unspecified atom stereocenters. The minimum atomic E-state index is -0.265. The van der Waals surface area contributed by atoms with E-state index in [1.807, 2.05) is 25.3 Å². The van der Waals surface area contributed by atoms with Gasteiger partial charge in [0, 0.05) is 35.8 Å². The van der Waals surface area contributed by atoms with Gasteiger partial charge in [-0.05, 0) is 36.8 Å². The Labute approximate surface area is 163 Å². The molecule has 3 aromatic heterocycles. The average molecular weight is 377 g/mol. The number of carbonyl (C=O) groups excluding carboxylic acids is 1. The lowest BCUT2D eigenvalue weighted by molar-refractivity contribution is 0.0881. The number of aryl methyl sites for hydroxylation is 1. The summed E-state index contributed by atoms with van der Waals surface area (Å²) >= 11 is 0. The van der Waals surface area contributed by atoms with Gasteiger partial charge < -0.3 is 9.84 Å². The number of hydrogen-bond acceptors (Lipinski definition) is 6. The number of rotatable bonds is 4. The molecule has 0 spiro atoms. The van der Waals surface area contributed by atoms with Crippen LogP contribution in [0, 0.1) is 5.41 Å². The van der Waals surface area contributed by atoms with Crippen molar-refractivity contribution in [2.75, 3.05) is 0 Å². The molecule has 0 radical (unpaired) electrons. The van der Waals surface area contributed by atoms with Crippen molar-refractivity contribution in [3.8, 4) is 11.4 Å². The lowest BCUT2D eigenvalue weighted by Gasteiger charge is -2.36. The second-order valence-corrected chi connectivity index (χ2v) is 7.94. The normalized spacial score (nSPS) is 17.8. The largest absolute Gasteiger partial charge is 0.351 e. The monoisotopic (exact) mass is 377 g/mol. The average Bonchev–Trinajstić information content (AvgIpc) is 3.17. The highest BCUT2D eigenvalue weighted by molar-refractivity contribution is 5.91. The Hall–Kier alpha value is -3.09. The molecule has 28 heavy (non-hydrogen) atoms. The summed E-state index contributed by atoms with van der Waals surface area (Å²) in [6.07, 6.45) is 7.65. The SMILES string of the molecule is CCc1cc(C(=O)N[C@@H]2CC(C)(C)Cc3nc(-c4ccncc4)ncc32)on1. The molecule has 0 aliphatic heterocycles. The zero-order valence-corrected chi connectivity index (χ0v) is 16.3. The van der Waals surface area contributed by atoms with Crippen LogP contribution < -0.4 is 5.32 Å². The molecule has 1 aliphatic rings. The first-order chi connectivity index (χ1) is 13.4. The summed E-state index contributed by atoms with van der Waals surface area (Å²) in [5, 5.41) is 6.98. The molecule has 0 saturated carbocycles. The first-order valence-electron chi connectivity index (χ1n) is 9.48. The van der Waals surface area contributed by atoms with Gasteiger partial charge in [0.2, 0.25) is 5.76 Å². The first kappa shape index (κ1) is 18.3. The van der Waals surface area contributed by atoms with E-state index in [-0.39, 0.29) is 23.1 Å².